The van der Waals surface area contributed by atoms with Crippen LogP contribution in [-0.4, -0.2) is 53.8 Å². The molecule has 18 heavy (non-hydrogen) atoms. The monoisotopic (exact) mass is 250 g/mol. The lowest BCUT2D eigenvalue weighted by Crippen LogP contribution is -2.47. The smallest absolute Gasteiger partial charge is 0.123 e. The number of pyridine rings is 1. The van der Waals surface area contributed by atoms with E-state index in [4.69, 9.17) is 5.73 Å². The van der Waals surface area contributed by atoms with Crippen molar-refractivity contribution in [1.82, 2.24) is 9.88 Å². The molecule has 5 nitrogen and oxygen atoms in total. The molecule has 0 amide bonds. The van der Waals surface area contributed by atoms with Crippen LogP contribution in [0.15, 0.2) is 18.3 Å². The lowest BCUT2D eigenvalue weighted by Gasteiger charge is -2.36. The molecule has 0 aromatic carbocycles. The molecule has 0 bridgehead atoms. The molecule has 1 aliphatic heterocycles. The van der Waals surface area contributed by atoms with Crippen LogP contribution in [0.3, 0.4) is 0 Å². The number of rotatable bonds is 4. The average molecular weight is 250 g/mol. The van der Waals surface area contributed by atoms with Crippen molar-refractivity contribution in [2.24, 2.45) is 0 Å². The summed E-state index contributed by atoms with van der Waals surface area (Å²) in [6, 6.07) is 3.86. The van der Waals surface area contributed by atoms with Crippen molar-refractivity contribution in [2.75, 3.05) is 43.4 Å². The van der Waals surface area contributed by atoms with E-state index < -0.39 is 0 Å². The fourth-order valence-corrected chi connectivity index (χ4v) is 2.18. The summed E-state index contributed by atoms with van der Waals surface area (Å²) in [5.74, 6) is 0.564. The minimum absolute atomic E-state index is 0.204. The molecule has 0 spiro atoms. The Balaban J connectivity index is 1.81. The number of hydrogen-bond acceptors (Lipinski definition) is 5. The fourth-order valence-electron chi connectivity index (χ4n) is 2.18. The zero-order valence-electron chi connectivity index (χ0n) is 10.9. The van der Waals surface area contributed by atoms with Crippen molar-refractivity contribution in [3.8, 4) is 0 Å². The highest BCUT2D eigenvalue weighted by Crippen LogP contribution is 2.16. The lowest BCUT2D eigenvalue weighted by molar-refractivity contribution is 0.153. The SMILES string of the molecule is CC(O)CCN1CCN(c2ccc(N)nc2)CC1. The molecule has 100 valence electrons. The molecule has 1 saturated heterocycles. The third kappa shape index (κ3) is 3.58. The summed E-state index contributed by atoms with van der Waals surface area (Å²) in [7, 11) is 0. The molecular formula is C13H22N4O. The minimum Gasteiger partial charge on any atom is -0.393 e. The van der Waals surface area contributed by atoms with Gasteiger partial charge in [0.25, 0.3) is 0 Å². The van der Waals surface area contributed by atoms with E-state index >= 15 is 0 Å². The minimum atomic E-state index is -0.204. The molecule has 1 aliphatic rings. The first kappa shape index (κ1) is 13.1. The third-order valence-electron chi connectivity index (χ3n) is 3.37. The maximum absolute atomic E-state index is 9.28. The Morgan fingerprint density at radius 2 is 2.06 bits per heavy atom. The van der Waals surface area contributed by atoms with E-state index in [1.807, 2.05) is 25.3 Å². The predicted molar refractivity (Wildman–Crippen MR) is 73.6 cm³/mol. The van der Waals surface area contributed by atoms with E-state index in [9.17, 15) is 5.11 Å². The third-order valence-corrected chi connectivity index (χ3v) is 3.37. The van der Waals surface area contributed by atoms with E-state index in [-0.39, 0.29) is 6.10 Å². The highest BCUT2D eigenvalue weighted by Gasteiger charge is 2.17. The number of piperazine rings is 1. The second-order valence-electron chi connectivity index (χ2n) is 4.91. The summed E-state index contributed by atoms with van der Waals surface area (Å²) in [6.07, 6.45) is 2.48. The average Bonchev–Trinajstić information content (AvgIpc) is 2.38. The van der Waals surface area contributed by atoms with E-state index in [0.717, 1.165) is 44.8 Å². The molecule has 0 saturated carbocycles. The first-order valence-electron chi connectivity index (χ1n) is 6.52. The Morgan fingerprint density at radius 1 is 1.33 bits per heavy atom. The Kier molecular flexibility index (Phi) is 4.38. The number of nitrogens with zero attached hydrogens (tertiary/aromatic N) is 3. The summed E-state index contributed by atoms with van der Waals surface area (Å²) in [6.45, 7) is 6.91. The molecule has 2 heterocycles. The standard InChI is InChI=1S/C13H22N4O/c1-11(18)4-5-16-6-8-17(9-7-16)12-2-3-13(14)15-10-12/h2-3,10-11,18H,4-9H2,1H3,(H2,14,15). The van der Waals surface area contributed by atoms with Gasteiger partial charge in [-0.25, -0.2) is 4.98 Å². The molecule has 0 aliphatic carbocycles. The fraction of sp³-hybridized carbons (Fsp3) is 0.615. The highest BCUT2D eigenvalue weighted by molar-refractivity contribution is 5.48. The van der Waals surface area contributed by atoms with Crippen molar-refractivity contribution in [1.29, 1.82) is 0 Å². The number of anilines is 2. The second-order valence-corrected chi connectivity index (χ2v) is 4.91. The second kappa shape index (κ2) is 6.02. The Labute approximate surface area is 108 Å². The van der Waals surface area contributed by atoms with Crippen LogP contribution in [0.2, 0.25) is 0 Å². The Hall–Kier alpha value is -1.33. The molecule has 1 atom stereocenters. The first-order valence-corrected chi connectivity index (χ1v) is 6.52. The molecule has 1 aromatic heterocycles. The van der Waals surface area contributed by atoms with Crippen molar-refractivity contribution < 1.29 is 5.11 Å². The summed E-state index contributed by atoms with van der Waals surface area (Å²) < 4.78 is 0. The van der Waals surface area contributed by atoms with Gasteiger partial charge in [-0.15, -0.1) is 0 Å². The van der Waals surface area contributed by atoms with Crippen molar-refractivity contribution >= 4 is 11.5 Å². The van der Waals surface area contributed by atoms with E-state index in [0.29, 0.717) is 5.82 Å². The van der Waals surface area contributed by atoms with Crippen LogP contribution in [0, 0.1) is 0 Å². The van der Waals surface area contributed by atoms with Crippen LogP contribution >= 0.6 is 0 Å². The van der Waals surface area contributed by atoms with Gasteiger partial charge in [0.05, 0.1) is 18.0 Å². The number of aromatic nitrogens is 1. The van der Waals surface area contributed by atoms with Crippen molar-refractivity contribution in [3.05, 3.63) is 18.3 Å². The van der Waals surface area contributed by atoms with Gasteiger partial charge < -0.3 is 15.7 Å². The zero-order valence-corrected chi connectivity index (χ0v) is 10.9. The van der Waals surface area contributed by atoms with E-state index in [2.05, 4.69) is 14.8 Å². The number of aliphatic hydroxyl groups excluding tert-OH is 1. The predicted octanol–water partition coefficient (Wildman–Crippen LogP) is 0.557. The van der Waals surface area contributed by atoms with Crippen LogP contribution < -0.4 is 10.6 Å². The highest BCUT2D eigenvalue weighted by atomic mass is 16.3. The number of aliphatic hydroxyl groups is 1. The molecule has 3 N–H and O–H groups in total. The van der Waals surface area contributed by atoms with Gasteiger partial charge in [0.2, 0.25) is 0 Å². The van der Waals surface area contributed by atoms with Gasteiger partial charge in [-0.05, 0) is 25.5 Å². The molecule has 1 fully saturated rings. The van der Waals surface area contributed by atoms with Gasteiger partial charge in [0, 0.05) is 32.7 Å². The quantitative estimate of drug-likeness (QED) is 0.817. The van der Waals surface area contributed by atoms with Crippen LogP contribution in [0.4, 0.5) is 11.5 Å². The molecule has 2 rings (SSSR count). The summed E-state index contributed by atoms with van der Waals surface area (Å²) >= 11 is 0. The summed E-state index contributed by atoms with van der Waals surface area (Å²) in [4.78, 5) is 8.84. The van der Waals surface area contributed by atoms with Crippen LogP contribution in [0.25, 0.3) is 0 Å². The zero-order chi connectivity index (χ0) is 13.0. The van der Waals surface area contributed by atoms with Gasteiger partial charge >= 0.3 is 0 Å². The van der Waals surface area contributed by atoms with E-state index in [1.54, 1.807) is 0 Å². The molecule has 0 radical (unpaired) electrons. The molecule has 1 aromatic rings. The Morgan fingerprint density at radius 3 is 2.61 bits per heavy atom. The maximum atomic E-state index is 9.28. The van der Waals surface area contributed by atoms with Gasteiger partial charge in [-0.3, -0.25) is 4.90 Å². The van der Waals surface area contributed by atoms with Crippen molar-refractivity contribution in [3.63, 3.8) is 0 Å². The van der Waals surface area contributed by atoms with Gasteiger partial charge in [-0.2, -0.15) is 0 Å². The van der Waals surface area contributed by atoms with Crippen LogP contribution in [-0.2, 0) is 0 Å². The molecule has 5 heteroatoms. The normalized spacial score (nSPS) is 18.9. The maximum Gasteiger partial charge on any atom is 0.123 e. The van der Waals surface area contributed by atoms with Crippen LogP contribution in [0.5, 0.6) is 0 Å². The van der Waals surface area contributed by atoms with E-state index in [1.165, 1.54) is 0 Å². The summed E-state index contributed by atoms with van der Waals surface area (Å²) in [5.41, 5.74) is 6.72. The number of hydrogen-bond donors (Lipinski definition) is 2. The largest absolute Gasteiger partial charge is 0.393 e. The molecule has 1 unspecified atom stereocenters. The molecular weight excluding hydrogens is 228 g/mol. The Bertz CT molecular complexity index is 358. The van der Waals surface area contributed by atoms with Gasteiger partial charge in [-0.1, -0.05) is 0 Å². The lowest BCUT2D eigenvalue weighted by atomic mass is 10.2. The topological polar surface area (TPSA) is 65.6 Å². The van der Waals surface area contributed by atoms with Crippen LogP contribution in [0.1, 0.15) is 13.3 Å². The summed E-state index contributed by atoms with van der Waals surface area (Å²) in [5, 5.41) is 9.28. The van der Waals surface area contributed by atoms with Gasteiger partial charge in [0.1, 0.15) is 5.82 Å². The van der Waals surface area contributed by atoms with Crippen molar-refractivity contribution in [2.45, 2.75) is 19.4 Å². The van der Waals surface area contributed by atoms with Gasteiger partial charge in [0.15, 0.2) is 0 Å². The first-order chi connectivity index (χ1) is 8.65. The number of nitrogen functional groups attached to an aromatic ring is 1. The number of nitrogens with two attached hydrogens (primary N) is 1.